The number of carbonyl (C=O) groups is 1. The Balaban J connectivity index is 1.42. The molecule has 3 aromatic rings. The van der Waals surface area contributed by atoms with Gasteiger partial charge in [0, 0.05) is 21.9 Å². The summed E-state index contributed by atoms with van der Waals surface area (Å²) in [5.74, 6) is 1.38. The molecule has 0 saturated carbocycles. The molecule has 32 heavy (non-hydrogen) atoms. The SMILES string of the molecule is CCOc1ccc(S(=O)(=O)Nc2ccc(C(=O)NC3CCSc4ccccc43)cc2)cc1. The third-order valence-electron chi connectivity index (χ3n) is 5.11. The second kappa shape index (κ2) is 9.67. The number of nitrogens with one attached hydrogen (secondary N) is 2. The van der Waals surface area contributed by atoms with Crippen molar-refractivity contribution in [2.24, 2.45) is 0 Å². The van der Waals surface area contributed by atoms with Crippen LogP contribution in [0.3, 0.4) is 0 Å². The zero-order chi connectivity index (χ0) is 22.6. The van der Waals surface area contributed by atoms with Crippen molar-refractivity contribution in [2.45, 2.75) is 29.2 Å². The van der Waals surface area contributed by atoms with Gasteiger partial charge in [0.15, 0.2) is 0 Å². The summed E-state index contributed by atoms with van der Waals surface area (Å²) >= 11 is 1.80. The van der Waals surface area contributed by atoms with Gasteiger partial charge < -0.3 is 10.1 Å². The van der Waals surface area contributed by atoms with Gasteiger partial charge in [-0.05, 0) is 73.5 Å². The Bertz CT molecular complexity index is 1190. The molecule has 1 unspecified atom stereocenters. The van der Waals surface area contributed by atoms with Gasteiger partial charge in [-0.1, -0.05) is 18.2 Å². The summed E-state index contributed by atoms with van der Waals surface area (Å²) in [6.45, 7) is 2.37. The van der Waals surface area contributed by atoms with Gasteiger partial charge in [-0.15, -0.1) is 11.8 Å². The first kappa shape index (κ1) is 22.2. The van der Waals surface area contributed by atoms with E-state index in [1.807, 2.05) is 25.1 Å². The molecule has 3 aromatic carbocycles. The van der Waals surface area contributed by atoms with Crippen molar-refractivity contribution in [1.82, 2.24) is 5.32 Å². The van der Waals surface area contributed by atoms with Crippen molar-refractivity contribution in [1.29, 1.82) is 0 Å². The molecule has 8 heteroatoms. The Kier molecular flexibility index (Phi) is 6.72. The molecule has 0 spiro atoms. The zero-order valence-electron chi connectivity index (χ0n) is 17.6. The quantitative estimate of drug-likeness (QED) is 0.518. The number of hydrogen-bond donors (Lipinski definition) is 2. The molecule has 0 aromatic heterocycles. The first-order chi connectivity index (χ1) is 15.5. The van der Waals surface area contributed by atoms with E-state index in [1.54, 1.807) is 48.2 Å². The fraction of sp³-hybridized carbons (Fsp3) is 0.208. The number of carbonyl (C=O) groups excluding carboxylic acids is 1. The Hall–Kier alpha value is -2.97. The molecule has 1 atom stereocenters. The van der Waals surface area contributed by atoms with Crippen LogP contribution < -0.4 is 14.8 Å². The lowest BCUT2D eigenvalue weighted by molar-refractivity contribution is 0.0935. The van der Waals surface area contributed by atoms with E-state index in [4.69, 9.17) is 4.74 Å². The van der Waals surface area contributed by atoms with Crippen LogP contribution >= 0.6 is 11.8 Å². The van der Waals surface area contributed by atoms with Crippen molar-refractivity contribution in [3.63, 3.8) is 0 Å². The Morgan fingerprint density at radius 2 is 1.75 bits per heavy atom. The minimum Gasteiger partial charge on any atom is -0.494 e. The van der Waals surface area contributed by atoms with Crippen molar-refractivity contribution in [3.8, 4) is 5.75 Å². The number of thioether (sulfide) groups is 1. The van der Waals surface area contributed by atoms with Crippen LogP contribution in [0.4, 0.5) is 5.69 Å². The smallest absolute Gasteiger partial charge is 0.261 e. The summed E-state index contributed by atoms with van der Waals surface area (Å²) in [6.07, 6.45) is 0.868. The monoisotopic (exact) mass is 468 g/mol. The molecule has 2 N–H and O–H groups in total. The molecule has 6 nitrogen and oxygen atoms in total. The molecule has 1 amide bonds. The van der Waals surface area contributed by atoms with Crippen molar-refractivity contribution in [2.75, 3.05) is 17.1 Å². The van der Waals surface area contributed by atoms with Crippen molar-refractivity contribution in [3.05, 3.63) is 83.9 Å². The van der Waals surface area contributed by atoms with Crippen molar-refractivity contribution < 1.29 is 17.9 Å². The van der Waals surface area contributed by atoms with E-state index in [0.29, 0.717) is 23.6 Å². The van der Waals surface area contributed by atoms with Gasteiger partial charge in [0.2, 0.25) is 0 Å². The Labute approximate surface area is 192 Å². The molecule has 1 aliphatic rings. The number of amides is 1. The van der Waals surface area contributed by atoms with E-state index in [-0.39, 0.29) is 16.8 Å². The predicted octanol–water partition coefficient (Wildman–Crippen LogP) is 4.85. The van der Waals surface area contributed by atoms with E-state index < -0.39 is 10.0 Å². The van der Waals surface area contributed by atoms with Gasteiger partial charge in [-0.3, -0.25) is 9.52 Å². The molecular formula is C24H24N2O4S2. The lowest BCUT2D eigenvalue weighted by Crippen LogP contribution is -2.30. The van der Waals surface area contributed by atoms with Crippen LogP contribution in [0.25, 0.3) is 0 Å². The van der Waals surface area contributed by atoms with Crippen LogP contribution in [-0.4, -0.2) is 26.7 Å². The highest BCUT2D eigenvalue weighted by Crippen LogP contribution is 2.36. The van der Waals surface area contributed by atoms with Crippen LogP contribution in [0.5, 0.6) is 5.75 Å². The lowest BCUT2D eigenvalue weighted by Gasteiger charge is -2.25. The third kappa shape index (κ3) is 5.08. The fourth-order valence-corrected chi connectivity index (χ4v) is 5.70. The van der Waals surface area contributed by atoms with Gasteiger partial charge in [-0.2, -0.15) is 0 Å². The fourth-order valence-electron chi connectivity index (χ4n) is 3.52. The maximum Gasteiger partial charge on any atom is 0.261 e. The normalized spacial score (nSPS) is 15.5. The van der Waals surface area contributed by atoms with E-state index in [2.05, 4.69) is 16.1 Å². The number of anilines is 1. The molecule has 0 fully saturated rings. The summed E-state index contributed by atoms with van der Waals surface area (Å²) in [5, 5.41) is 3.10. The molecule has 166 valence electrons. The molecular weight excluding hydrogens is 444 g/mol. The van der Waals surface area contributed by atoms with Gasteiger partial charge >= 0.3 is 0 Å². The number of benzene rings is 3. The van der Waals surface area contributed by atoms with Gasteiger partial charge in [-0.25, -0.2) is 8.42 Å². The Morgan fingerprint density at radius 3 is 2.47 bits per heavy atom. The average Bonchev–Trinajstić information content (AvgIpc) is 2.80. The topological polar surface area (TPSA) is 84.5 Å². The number of rotatable bonds is 7. The predicted molar refractivity (Wildman–Crippen MR) is 127 cm³/mol. The number of hydrogen-bond acceptors (Lipinski definition) is 5. The summed E-state index contributed by atoms with van der Waals surface area (Å²) in [5.41, 5.74) is 2.00. The summed E-state index contributed by atoms with van der Waals surface area (Å²) in [7, 11) is -3.74. The highest BCUT2D eigenvalue weighted by molar-refractivity contribution is 7.99. The van der Waals surface area contributed by atoms with Crippen LogP contribution in [-0.2, 0) is 10.0 Å². The van der Waals surface area contributed by atoms with Gasteiger partial charge in [0.1, 0.15) is 5.75 Å². The maximum absolute atomic E-state index is 12.8. The minimum atomic E-state index is -3.74. The van der Waals surface area contributed by atoms with E-state index in [0.717, 1.165) is 17.7 Å². The number of ether oxygens (including phenoxy) is 1. The van der Waals surface area contributed by atoms with Crippen molar-refractivity contribution >= 4 is 33.4 Å². The lowest BCUT2D eigenvalue weighted by atomic mass is 10.0. The number of fused-ring (bicyclic) bond motifs is 1. The van der Waals surface area contributed by atoms with E-state index >= 15 is 0 Å². The maximum atomic E-state index is 12.8. The van der Waals surface area contributed by atoms with Crippen LogP contribution in [0.2, 0.25) is 0 Å². The summed E-state index contributed by atoms with van der Waals surface area (Å²) < 4.78 is 33.2. The third-order valence-corrected chi connectivity index (χ3v) is 7.63. The van der Waals surface area contributed by atoms with Crippen LogP contribution in [0.15, 0.2) is 82.6 Å². The summed E-state index contributed by atoms with van der Waals surface area (Å²) in [4.78, 5) is 14.1. The average molecular weight is 469 g/mol. The standard InChI is InChI=1S/C24H24N2O4S2/c1-2-30-19-11-13-20(14-12-19)32(28,29)26-18-9-7-17(8-10-18)24(27)25-22-15-16-31-23-6-4-3-5-21(22)23/h3-14,22,26H,2,15-16H2,1H3,(H,25,27). The molecule has 4 rings (SSSR count). The largest absolute Gasteiger partial charge is 0.494 e. The molecule has 0 bridgehead atoms. The van der Waals surface area contributed by atoms with E-state index in [9.17, 15) is 13.2 Å². The molecule has 1 aliphatic heterocycles. The van der Waals surface area contributed by atoms with Crippen LogP contribution in [0.1, 0.15) is 35.3 Å². The number of sulfonamides is 1. The van der Waals surface area contributed by atoms with Gasteiger partial charge in [0.05, 0.1) is 17.5 Å². The first-order valence-corrected chi connectivity index (χ1v) is 12.8. The molecule has 0 aliphatic carbocycles. The highest BCUT2D eigenvalue weighted by Gasteiger charge is 2.22. The van der Waals surface area contributed by atoms with Crippen LogP contribution in [0, 0.1) is 0 Å². The molecule has 0 radical (unpaired) electrons. The molecule has 1 heterocycles. The zero-order valence-corrected chi connectivity index (χ0v) is 19.2. The highest BCUT2D eigenvalue weighted by atomic mass is 32.2. The molecule has 0 saturated heterocycles. The Morgan fingerprint density at radius 1 is 1.03 bits per heavy atom. The second-order valence-corrected chi connectivity index (χ2v) is 10.1. The summed E-state index contributed by atoms with van der Waals surface area (Å²) in [6, 6.07) is 20.7. The second-order valence-electron chi connectivity index (χ2n) is 7.29. The van der Waals surface area contributed by atoms with E-state index in [1.165, 1.54) is 17.0 Å². The van der Waals surface area contributed by atoms with Gasteiger partial charge in [0.25, 0.3) is 15.9 Å². The first-order valence-electron chi connectivity index (χ1n) is 10.3. The minimum absolute atomic E-state index is 0.0298.